The number of rotatable bonds is 5. The lowest BCUT2D eigenvalue weighted by atomic mass is 9.83. The minimum absolute atomic E-state index is 0.162. The zero-order chi connectivity index (χ0) is 17.3. The minimum atomic E-state index is -5.16. The average molecular weight is 346 g/mol. The van der Waals surface area contributed by atoms with Gasteiger partial charge in [0.2, 0.25) is 0 Å². The highest BCUT2D eigenvalue weighted by Crippen LogP contribution is 2.35. The molecule has 0 saturated carbocycles. The highest BCUT2D eigenvalue weighted by molar-refractivity contribution is 7.80. The summed E-state index contributed by atoms with van der Waals surface area (Å²) in [6, 6.07) is -1.74. The minimum Gasteiger partial charge on any atom is -0.444 e. The number of β-lactam (4-membered cyclic amide) rings is 1. The molecule has 9 nitrogen and oxygen atoms in total. The topological polar surface area (TPSA) is 122 Å². The fourth-order valence-corrected chi connectivity index (χ4v) is 2.15. The van der Waals surface area contributed by atoms with Gasteiger partial charge in [-0.05, 0) is 20.8 Å². The molecule has 0 bridgehead atoms. The molecule has 1 atom stereocenters. The van der Waals surface area contributed by atoms with Crippen LogP contribution in [0.4, 0.5) is 13.6 Å². The summed E-state index contributed by atoms with van der Waals surface area (Å²) in [6.07, 6.45) is -1.12. The molecule has 128 valence electrons. The van der Waals surface area contributed by atoms with Crippen LogP contribution in [-0.4, -0.2) is 60.6 Å². The van der Waals surface area contributed by atoms with Gasteiger partial charge in [0.1, 0.15) is 25.0 Å². The summed E-state index contributed by atoms with van der Waals surface area (Å²) in [5.74, 6) is -1.25. The Hall–Kier alpha value is -1.53. The van der Waals surface area contributed by atoms with Crippen molar-refractivity contribution in [1.29, 1.82) is 0 Å². The Balaban J connectivity index is 2.92. The van der Waals surface area contributed by atoms with E-state index >= 15 is 0 Å². The van der Waals surface area contributed by atoms with E-state index < -0.39 is 52.9 Å². The van der Waals surface area contributed by atoms with Crippen molar-refractivity contribution in [2.24, 2.45) is 0 Å². The molecule has 0 radical (unpaired) electrons. The van der Waals surface area contributed by atoms with Crippen molar-refractivity contribution in [1.82, 2.24) is 10.4 Å². The number of hydroxylamine groups is 2. The van der Waals surface area contributed by atoms with Crippen LogP contribution in [0, 0.1) is 0 Å². The largest absolute Gasteiger partial charge is 0.444 e. The average Bonchev–Trinajstić information content (AvgIpc) is 2.34. The molecular weight excluding hydrogens is 330 g/mol. The van der Waals surface area contributed by atoms with E-state index in [4.69, 9.17) is 9.29 Å². The number of alkyl carbamates (subject to hydrolysis) is 1. The maximum atomic E-state index is 13.1. The Morgan fingerprint density at radius 1 is 1.41 bits per heavy atom. The molecular formula is C10H16F2N2O7S. The maximum Gasteiger partial charge on any atom is 0.418 e. The summed E-state index contributed by atoms with van der Waals surface area (Å²) < 4.78 is 64.7. The number of amides is 2. The van der Waals surface area contributed by atoms with Crippen LogP contribution in [0.2, 0.25) is 0 Å². The van der Waals surface area contributed by atoms with E-state index in [0.29, 0.717) is 0 Å². The van der Waals surface area contributed by atoms with Crippen LogP contribution >= 0.6 is 0 Å². The predicted molar refractivity (Wildman–Crippen MR) is 67.3 cm³/mol. The Morgan fingerprint density at radius 2 is 1.91 bits per heavy atom. The Bertz CT molecular complexity index is 556. The summed E-state index contributed by atoms with van der Waals surface area (Å²) in [5.41, 5.74) is -3.32. The fraction of sp³-hybridized carbons (Fsp3) is 0.800. The number of hydrogen-bond acceptors (Lipinski definition) is 6. The van der Waals surface area contributed by atoms with Crippen molar-refractivity contribution >= 4 is 22.4 Å². The van der Waals surface area contributed by atoms with Crippen molar-refractivity contribution < 1.29 is 40.4 Å². The predicted octanol–water partition coefficient (Wildman–Crippen LogP) is 0.134. The van der Waals surface area contributed by atoms with Crippen molar-refractivity contribution in [2.75, 3.05) is 13.3 Å². The quantitative estimate of drug-likeness (QED) is 0.536. The number of halogens is 2. The number of carbonyl (C=O) groups excluding carboxylic acids is 2. The van der Waals surface area contributed by atoms with Crippen LogP contribution in [-0.2, 0) is 24.2 Å². The molecule has 1 aliphatic heterocycles. The standard InChI is InChI=1S/C10H16F2N2O7S/c1-9(2,3)20-8(16)13-6-7(15)14(21-22(17,18)19)10(6,4-11)5-12/h6H,4-5H2,1-3H3,(H,13,16)(H,17,18,19)/t6-/m1/s1. The Morgan fingerprint density at radius 3 is 2.27 bits per heavy atom. The molecule has 2 amide bonds. The third-order valence-corrected chi connectivity index (χ3v) is 3.02. The molecule has 0 aromatic rings. The molecule has 2 N–H and O–H groups in total. The molecule has 1 rings (SSSR count). The van der Waals surface area contributed by atoms with Crippen LogP contribution in [0.25, 0.3) is 0 Å². The number of carbonyl (C=O) groups is 2. The number of alkyl halides is 2. The van der Waals surface area contributed by atoms with Crippen LogP contribution < -0.4 is 5.32 Å². The fourth-order valence-electron chi connectivity index (χ4n) is 1.74. The van der Waals surface area contributed by atoms with Gasteiger partial charge in [-0.1, -0.05) is 0 Å². The molecule has 12 heteroatoms. The first-order chi connectivity index (χ1) is 9.86. The van der Waals surface area contributed by atoms with Crippen molar-refractivity contribution in [3.63, 3.8) is 0 Å². The number of nitrogens with zero attached hydrogens (tertiary/aromatic N) is 1. The zero-order valence-corrected chi connectivity index (χ0v) is 12.8. The molecule has 1 heterocycles. The van der Waals surface area contributed by atoms with E-state index in [1.165, 1.54) is 20.8 Å². The summed E-state index contributed by atoms with van der Waals surface area (Å²) in [6.45, 7) is 1.46. The lowest BCUT2D eigenvalue weighted by Gasteiger charge is -2.51. The lowest BCUT2D eigenvalue weighted by molar-refractivity contribution is -0.232. The zero-order valence-electron chi connectivity index (χ0n) is 12.0. The first-order valence-corrected chi connectivity index (χ1v) is 7.35. The molecule has 0 spiro atoms. The Labute approximate surface area is 125 Å². The van der Waals surface area contributed by atoms with E-state index in [0.717, 1.165) is 0 Å². The summed E-state index contributed by atoms with van der Waals surface area (Å²) in [5, 5.41) is 1.78. The second-order valence-electron chi connectivity index (χ2n) is 5.58. The van der Waals surface area contributed by atoms with Gasteiger partial charge in [-0.25, -0.2) is 13.6 Å². The van der Waals surface area contributed by atoms with Crippen molar-refractivity contribution in [3.8, 4) is 0 Å². The molecule has 0 unspecified atom stereocenters. The van der Waals surface area contributed by atoms with E-state index in [9.17, 15) is 26.8 Å². The SMILES string of the molecule is CC(C)(C)OC(=O)N[C@@H]1C(=O)N(OS(=O)(=O)O)C1(CF)CF. The first kappa shape index (κ1) is 18.5. The van der Waals surface area contributed by atoms with Gasteiger partial charge in [-0.2, -0.15) is 13.5 Å². The lowest BCUT2D eigenvalue weighted by Crippen LogP contribution is -2.81. The maximum absolute atomic E-state index is 13.1. The van der Waals surface area contributed by atoms with Gasteiger partial charge >= 0.3 is 16.5 Å². The highest BCUT2D eigenvalue weighted by atomic mass is 32.3. The van der Waals surface area contributed by atoms with Crippen LogP contribution in [0.15, 0.2) is 0 Å². The third-order valence-electron chi connectivity index (χ3n) is 2.68. The normalized spacial score (nSPS) is 21.3. The molecule has 1 saturated heterocycles. The molecule has 22 heavy (non-hydrogen) atoms. The van der Waals surface area contributed by atoms with Crippen molar-refractivity contribution in [3.05, 3.63) is 0 Å². The highest BCUT2D eigenvalue weighted by Gasteiger charge is 2.64. The number of ether oxygens (including phenoxy) is 1. The van der Waals surface area contributed by atoms with Gasteiger partial charge in [-0.3, -0.25) is 9.35 Å². The van der Waals surface area contributed by atoms with Crippen LogP contribution in [0.3, 0.4) is 0 Å². The van der Waals surface area contributed by atoms with Gasteiger partial charge in [0, 0.05) is 0 Å². The Kier molecular flexibility index (Phi) is 4.99. The van der Waals surface area contributed by atoms with E-state index in [1.807, 2.05) is 5.32 Å². The van der Waals surface area contributed by atoms with E-state index in [-0.39, 0.29) is 5.06 Å². The smallest absolute Gasteiger partial charge is 0.418 e. The summed E-state index contributed by atoms with van der Waals surface area (Å²) in [4.78, 5) is 23.3. The second kappa shape index (κ2) is 5.93. The van der Waals surface area contributed by atoms with Gasteiger partial charge < -0.3 is 10.1 Å². The number of hydrogen-bond donors (Lipinski definition) is 2. The molecule has 0 aromatic carbocycles. The van der Waals surface area contributed by atoms with Gasteiger partial charge in [-0.15, -0.1) is 4.28 Å². The monoisotopic (exact) mass is 346 g/mol. The third kappa shape index (κ3) is 3.81. The first-order valence-electron chi connectivity index (χ1n) is 5.99. The second-order valence-corrected chi connectivity index (χ2v) is 6.59. The van der Waals surface area contributed by atoms with Gasteiger partial charge in [0.05, 0.1) is 0 Å². The van der Waals surface area contributed by atoms with Crippen LogP contribution in [0.1, 0.15) is 20.8 Å². The molecule has 0 aliphatic carbocycles. The summed E-state index contributed by atoms with van der Waals surface area (Å²) in [7, 11) is -5.16. The van der Waals surface area contributed by atoms with Crippen LogP contribution in [0.5, 0.6) is 0 Å². The van der Waals surface area contributed by atoms with Gasteiger partial charge in [0.25, 0.3) is 5.91 Å². The van der Waals surface area contributed by atoms with E-state index in [2.05, 4.69) is 4.28 Å². The van der Waals surface area contributed by atoms with Crippen molar-refractivity contribution in [2.45, 2.75) is 38.0 Å². The number of nitrogens with one attached hydrogen (secondary N) is 1. The van der Waals surface area contributed by atoms with Gasteiger partial charge in [0.15, 0.2) is 5.54 Å². The summed E-state index contributed by atoms with van der Waals surface area (Å²) >= 11 is 0. The van der Waals surface area contributed by atoms with E-state index in [1.54, 1.807) is 0 Å². The molecule has 1 fully saturated rings. The molecule has 0 aromatic heterocycles. The molecule has 1 aliphatic rings.